The second-order valence-electron chi connectivity index (χ2n) is 3.71. The molecular formula is C14H10O5. The van der Waals surface area contributed by atoms with Crippen LogP contribution in [0.15, 0.2) is 54.3 Å². The van der Waals surface area contributed by atoms with Crippen LogP contribution in [0.4, 0.5) is 0 Å². The highest BCUT2D eigenvalue weighted by atomic mass is 16.5. The maximum absolute atomic E-state index is 11.5. The van der Waals surface area contributed by atoms with Crippen LogP contribution >= 0.6 is 0 Å². The van der Waals surface area contributed by atoms with E-state index in [-0.39, 0.29) is 5.76 Å². The summed E-state index contributed by atoms with van der Waals surface area (Å²) < 4.78 is 9.50. The van der Waals surface area contributed by atoms with E-state index >= 15 is 0 Å². The van der Waals surface area contributed by atoms with Crippen LogP contribution in [0.3, 0.4) is 0 Å². The SMILES string of the molecule is O=C(/C=C1/C=CC(=O)O1)COC(=O)c1ccccc1. The van der Waals surface area contributed by atoms with Crippen LogP contribution in [0.2, 0.25) is 0 Å². The highest BCUT2D eigenvalue weighted by Gasteiger charge is 2.13. The molecule has 0 unspecified atom stereocenters. The lowest BCUT2D eigenvalue weighted by molar-refractivity contribution is -0.132. The van der Waals surface area contributed by atoms with Crippen LogP contribution in [0, 0.1) is 0 Å². The van der Waals surface area contributed by atoms with Crippen molar-refractivity contribution in [2.24, 2.45) is 0 Å². The average molecular weight is 258 g/mol. The van der Waals surface area contributed by atoms with Crippen molar-refractivity contribution in [3.8, 4) is 0 Å². The molecule has 19 heavy (non-hydrogen) atoms. The third-order valence-corrected chi connectivity index (χ3v) is 2.26. The van der Waals surface area contributed by atoms with Crippen molar-refractivity contribution in [3.63, 3.8) is 0 Å². The molecular weight excluding hydrogens is 248 g/mol. The van der Waals surface area contributed by atoms with Gasteiger partial charge < -0.3 is 9.47 Å². The molecule has 0 radical (unpaired) electrons. The molecule has 0 spiro atoms. The summed E-state index contributed by atoms with van der Waals surface area (Å²) in [5.41, 5.74) is 0.371. The van der Waals surface area contributed by atoms with Crippen molar-refractivity contribution >= 4 is 17.7 Å². The fraction of sp³-hybridized carbons (Fsp3) is 0.0714. The van der Waals surface area contributed by atoms with Crippen LogP contribution in [0.5, 0.6) is 0 Å². The molecule has 0 saturated carbocycles. The smallest absolute Gasteiger partial charge is 0.338 e. The summed E-state index contributed by atoms with van der Waals surface area (Å²) in [5.74, 6) is -1.42. The molecule has 0 aliphatic carbocycles. The molecule has 1 heterocycles. The minimum atomic E-state index is -0.577. The van der Waals surface area contributed by atoms with Gasteiger partial charge in [0.2, 0.25) is 0 Å². The summed E-state index contributed by atoms with van der Waals surface area (Å²) in [6.45, 7) is -0.400. The zero-order chi connectivity index (χ0) is 13.7. The maximum atomic E-state index is 11.5. The number of carbonyl (C=O) groups excluding carboxylic acids is 3. The van der Waals surface area contributed by atoms with Crippen LogP contribution < -0.4 is 0 Å². The largest absolute Gasteiger partial charge is 0.454 e. The number of allylic oxidation sites excluding steroid dienone is 1. The van der Waals surface area contributed by atoms with Gasteiger partial charge in [-0.2, -0.15) is 0 Å². The van der Waals surface area contributed by atoms with E-state index in [2.05, 4.69) is 4.74 Å². The number of carbonyl (C=O) groups is 3. The van der Waals surface area contributed by atoms with Gasteiger partial charge in [-0.15, -0.1) is 0 Å². The summed E-state index contributed by atoms with van der Waals surface area (Å²) in [7, 11) is 0. The molecule has 1 aromatic rings. The van der Waals surface area contributed by atoms with Crippen molar-refractivity contribution in [2.45, 2.75) is 0 Å². The lowest BCUT2D eigenvalue weighted by Gasteiger charge is -2.02. The first-order chi connectivity index (χ1) is 9.15. The molecule has 0 aromatic heterocycles. The zero-order valence-corrected chi connectivity index (χ0v) is 9.87. The molecule has 0 N–H and O–H groups in total. The molecule has 0 saturated heterocycles. The Bertz CT molecular complexity index is 569. The van der Waals surface area contributed by atoms with Gasteiger partial charge in [0.05, 0.1) is 5.56 Å². The molecule has 0 atom stereocenters. The van der Waals surface area contributed by atoms with Gasteiger partial charge in [-0.3, -0.25) is 4.79 Å². The van der Waals surface area contributed by atoms with Crippen LogP contribution in [0.25, 0.3) is 0 Å². The van der Waals surface area contributed by atoms with Crippen LogP contribution in [0.1, 0.15) is 10.4 Å². The fourth-order valence-corrected chi connectivity index (χ4v) is 1.41. The average Bonchev–Trinajstić information content (AvgIpc) is 2.82. The van der Waals surface area contributed by atoms with Crippen molar-refractivity contribution in [1.29, 1.82) is 0 Å². The van der Waals surface area contributed by atoms with Gasteiger partial charge in [0.25, 0.3) is 0 Å². The topological polar surface area (TPSA) is 69.7 Å². The zero-order valence-electron chi connectivity index (χ0n) is 9.87. The van der Waals surface area contributed by atoms with Crippen molar-refractivity contribution in [1.82, 2.24) is 0 Å². The van der Waals surface area contributed by atoms with Crippen LogP contribution in [-0.4, -0.2) is 24.3 Å². The van der Waals surface area contributed by atoms with Crippen molar-refractivity contribution < 1.29 is 23.9 Å². The Hall–Kier alpha value is -2.69. The highest BCUT2D eigenvalue weighted by molar-refractivity contribution is 5.96. The predicted octanol–water partition coefficient (Wildman–Crippen LogP) is 1.41. The summed E-state index contributed by atoms with van der Waals surface area (Å²) in [4.78, 5) is 33.7. The van der Waals surface area contributed by atoms with Gasteiger partial charge in [0.1, 0.15) is 5.76 Å². The summed E-state index contributed by atoms with van der Waals surface area (Å²) in [6.07, 6.45) is 3.69. The second-order valence-corrected chi connectivity index (χ2v) is 3.71. The van der Waals surface area contributed by atoms with Gasteiger partial charge in [-0.25, -0.2) is 9.59 Å². The highest BCUT2D eigenvalue weighted by Crippen LogP contribution is 2.09. The third-order valence-electron chi connectivity index (χ3n) is 2.26. The lowest BCUT2D eigenvalue weighted by atomic mass is 10.2. The van der Waals surface area contributed by atoms with E-state index in [0.29, 0.717) is 5.56 Å². The Balaban J connectivity index is 1.86. The van der Waals surface area contributed by atoms with Crippen molar-refractivity contribution in [2.75, 3.05) is 6.61 Å². The van der Waals surface area contributed by atoms with E-state index < -0.39 is 24.3 Å². The molecule has 0 amide bonds. The van der Waals surface area contributed by atoms with E-state index in [4.69, 9.17) is 4.74 Å². The van der Waals surface area contributed by atoms with E-state index in [1.807, 2.05) is 0 Å². The maximum Gasteiger partial charge on any atom is 0.338 e. The normalized spacial score (nSPS) is 15.4. The Morgan fingerprint density at radius 2 is 1.89 bits per heavy atom. The number of hydrogen-bond acceptors (Lipinski definition) is 5. The number of ether oxygens (including phenoxy) is 2. The fourth-order valence-electron chi connectivity index (χ4n) is 1.41. The summed E-state index contributed by atoms with van der Waals surface area (Å²) in [5, 5.41) is 0. The minimum Gasteiger partial charge on any atom is -0.454 e. The van der Waals surface area contributed by atoms with E-state index in [1.165, 1.54) is 12.2 Å². The standard InChI is InChI=1S/C14H10O5/c15-11(8-12-6-7-13(16)19-12)9-18-14(17)10-4-2-1-3-5-10/h1-8H,9H2/b12-8-. The number of rotatable bonds is 4. The second kappa shape index (κ2) is 5.77. The van der Waals surface area contributed by atoms with Gasteiger partial charge in [-0.05, 0) is 18.2 Å². The summed E-state index contributed by atoms with van der Waals surface area (Å²) >= 11 is 0. The Kier molecular flexibility index (Phi) is 3.87. The Morgan fingerprint density at radius 1 is 1.16 bits per heavy atom. The first-order valence-corrected chi connectivity index (χ1v) is 5.52. The molecule has 5 heteroatoms. The Labute approximate surface area is 109 Å². The Morgan fingerprint density at radius 3 is 2.53 bits per heavy atom. The summed E-state index contributed by atoms with van der Waals surface area (Å²) in [6, 6.07) is 8.35. The van der Waals surface area contributed by atoms with Gasteiger partial charge in [-0.1, -0.05) is 18.2 Å². The predicted molar refractivity (Wildman–Crippen MR) is 65.0 cm³/mol. The number of esters is 2. The minimum absolute atomic E-state index is 0.144. The van der Waals surface area contributed by atoms with Gasteiger partial charge >= 0.3 is 11.9 Å². The van der Waals surface area contributed by atoms with Crippen LogP contribution in [-0.2, 0) is 19.1 Å². The molecule has 1 aromatic carbocycles. The van der Waals surface area contributed by atoms with Gasteiger partial charge in [0.15, 0.2) is 12.4 Å². The molecule has 1 aliphatic rings. The monoisotopic (exact) mass is 258 g/mol. The molecule has 96 valence electrons. The first-order valence-electron chi connectivity index (χ1n) is 5.52. The molecule has 5 nitrogen and oxygen atoms in total. The van der Waals surface area contributed by atoms with E-state index in [9.17, 15) is 14.4 Å². The number of cyclic esters (lactones) is 1. The number of benzene rings is 1. The van der Waals surface area contributed by atoms with Crippen molar-refractivity contribution in [3.05, 3.63) is 59.9 Å². The number of ketones is 1. The third kappa shape index (κ3) is 3.64. The molecule has 0 bridgehead atoms. The molecule has 1 aliphatic heterocycles. The van der Waals surface area contributed by atoms with E-state index in [0.717, 1.165) is 6.08 Å². The number of hydrogen-bond donors (Lipinski definition) is 0. The first kappa shape index (κ1) is 12.8. The molecule has 0 fully saturated rings. The quantitative estimate of drug-likeness (QED) is 0.603. The molecule has 2 rings (SSSR count). The van der Waals surface area contributed by atoms with Gasteiger partial charge in [0, 0.05) is 12.2 Å². The lowest BCUT2D eigenvalue weighted by Crippen LogP contribution is -2.12. The van der Waals surface area contributed by atoms with E-state index in [1.54, 1.807) is 30.3 Å².